The minimum absolute atomic E-state index is 0.145. The van der Waals surface area contributed by atoms with Gasteiger partial charge in [0.25, 0.3) is 0 Å². The van der Waals surface area contributed by atoms with E-state index in [0.29, 0.717) is 28.4 Å². The van der Waals surface area contributed by atoms with Crippen LogP contribution in [-0.4, -0.2) is 29.0 Å². The lowest BCUT2D eigenvalue weighted by Gasteiger charge is -2.40. The van der Waals surface area contributed by atoms with Crippen molar-refractivity contribution in [1.29, 1.82) is 0 Å². The Bertz CT molecular complexity index is 1170. The second kappa shape index (κ2) is 8.39. The highest BCUT2D eigenvalue weighted by molar-refractivity contribution is 5.94. The maximum atomic E-state index is 12.6. The normalized spacial score (nSPS) is 20.6. The van der Waals surface area contributed by atoms with Crippen LogP contribution in [0.25, 0.3) is 22.4 Å². The molecule has 0 spiro atoms. The van der Waals surface area contributed by atoms with Gasteiger partial charge in [-0.05, 0) is 73.1 Å². The zero-order valence-corrected chi connectivity index (χ0v) is 19.1. The van der Waals surface area contributed by atoms with E-state index in [1.54, 1.807) is 24.3 Å². The van der Waals surface area contributed by atoms with Crippen molar-refractivity contribution in [3.8, 4) is 17.1 Å². The van der Waals surface area contributed by atoms with Crippen LogP contribution in [0.15, 0.2) is 42.5 Å². The van der Waals surface area contributed by atoms with E-state index >= 15 is 0 Å². The Morgan fingerprint density at radius 1 is 1.12 bits per heavy atom. The standard InChI is InChI=1S/C25H27F3N2O3/c1-15-11-18(14-24(2,3)13-15)30-21-10-7-17(23(31)32-4)12-20(21)29-22(30)16-5-8-19(9-6-16)33-25(26,27)28/h5-10,12,15,18H,11,13-14H2,1-4H3/t15-,18+/m0/s1. The van der Waals surface area contributed by atoms with Gasteiger partial charge in [-0.1, -0.05) is 20.8 Å². The van der Waals surface area contributed by atoms with E-state index in [9.17, 15) is 18.0 Å². The molecule has 4 rings (SSSR count). The highest BCUT2D eigenvalue weighted by Gasteiger charge is 2.35. The van der Waals surface area contributed by atoms with E-state index in [1.807, 2.05) is 6.07 Å². The molecular weight excluding hydrogens is 433 g/mol. The first kappa shape index (κ1) is 23.1. The number of hydrogen-bond acceptors (Lipinski definition) is 4. The quantitative estimate of drug-likeness (QED) is 0.403. The fourth-order valence-electron chi connectivity index (χ4n) is 5.21. The number of nitrogens with zero attached hydrogens (tertiary/aromatic N) is 2. The summed E-state index contributed by atoms with van der Waals surface area (Å²) in [5.41, 5.74) is 2.73. The molecule has 0 bridgehead atoms. The number of fused-ring (bicyclic) bond motifs is 1. The number of rotatable bonds is 4. The number of carbonyl (C=O) groups excluding carboxylic acids is 1. The summed E-state index contributed by atoms with van der Waals surface area (Å²) >= 11 is 0. The van der Waals surface area contributed by atoms with Crippen LogP contribution in [0.3, 0.4) is 0 Å². The summed E-state index contributed by atoms with van der Waals surface area (Å²) in [6.45, 7) is 6.76. The van der Waals surface area contributed by atoms with Gasteiger partial charge >= 0.3 is 12.3 Å². The third kappa shape index (κ3) is 4.99. The Morgan fingerprint density at radius 2 is 1.82 bits per heavy atom. The summed E-state index contributed by atoms with van der Waals surface area (Å²) in [5.74, 6) is 0.435. The Kier molecular flexibility index (Phi) is 5.88. The second-order valence-electron chi connectivity index (χ2n) is 9.64. The predicted octanol–water partition coefficient (Wildman–Crippen LogP) is 6.78. The van der Waals surface area contributed by atoms with Gasteiger partial charge in [0.15, 0.2) is 0 Å². The van der Waals surface area contributed by atoms with Gasteiger partial charge in [-0.15, -0.1) is 13.2 Å². The summed E-state index contributed by atoms with van der Waals surface area (Å²) in [7, 11) is 1.33. The number of methoxy groups -OCH3 is 1. The largest absolute Gasteiger partial charge is 0.573 e. The minimum Gasteiger partial charge on any atom is -0.465 e. The molecule has 1 saturated carbocycles. The molecular formula is C25H27F3N2O3. The first-order valence-electron chi connectivity index (χ1n) is 10.9. The molecule has 8 heteroatoms. The van der Waals surface area contributed by atoms with Crippen molar-refractivity contribution in [2.75, 3.05) is 7.11 Å². The highest BCUT2D eigenvalue weighted by Crippen LogP contribution is 2.46. The van der Waals surface area contributed by atoms with Crippen LogP contribution >= 0.6 is 0 Å². The molecule has 0 saturated heterocycles. The summed E-state index contributed by atoms with van der Waals surface area (Å²) in [5, 5.41) is 0. The van der Waals surface area contributed by atoms with E-state index in [0.717, 1.165) is 24.8 Å². The topological polar surface area (TPSA) is 53.4 Å². The minimum atomic E-state index is -4.75. The molecule has 0 amide bonds. The number of halogens is 3. The van der Waals surface area contributed by atoms with E-state index in [-0.39, 0.29) is 17.2 Å². The van der Waals surface area contributed by atoms with E-state index < -0.39 is 12.3 Å². The molecule has 176 valence electrons. The van der Waals surface area contributed by atoms with Crippen LogP contribution in [0, 0.1) is 11.3 Å². The molecule has 2 atom stereocenters. The number of esters is 1. The monoisotopic (exact) mass is 460 g/mol. The molecule has 0 N–H and O–H groups in total. The van der Waals surface area contributed by atoms with Crippen molar-refractivity contribution < 1.29 is 27.4 Å². The van der Waals surface area contributed by atoms with Crippen molar-refractivity contribution in [2.45, 2.75) is 52.4 Å². The number of hydrogen-bond donors (Lipinski definition) is 0. The molecule has 1 aliphatic carbocycles. The van der Waals surface area contributed by atoms with Crippen LogP contribution in [-0.2, 0) is 4.74 Å². The molecule has 3 aromatic rings. The second-order valence-corrected chi connectivity index (χ2v) is 9.64. The fraction of sp³-hybridized carbons (Fsp3) is 0.440. The van der Waals surface area contributed by atoms with E-state index in [1.165, 1.54) is 19.2 Å². The van der Waals surface area contributed by atoms with Gasteiger partial charge < -0.3 is 14.0 Å². The highest BCUT2D eigenvalue weighted by atomic mass is 19.4. The fourth-order valence-corrected chi connectivity index (χ4v) is 5.21. The molecule has 2 aromatic carbocycles. The summed E-state index contributed by atoms with van der Waals surface area (Å²) in [4.78, 5) is 16.8. The van der Waals surface area contributed by atoms with Crippen LogP contribution in [0.2, 0.25) is 0 Å². The van der Waals surface area contributed by atoms with Crippen LogP contribution < -0.4 is 4.74 Å². The van der Waals surface area contributed by atoms with Gasteiger partial charge in [-0.25, -0.2) is 9.78 Å². The Hall–Kier alpha value is -3.03. The zero-order chi connectivity index (χ0) is 24.0. The molecule has 1 aliphatic rings. The summed E-state index contributed by atoms with van der Waals surface area (Å²) in [6.07, 6.45) is -1.70. The molecule has 0 radical (unpaired) electrons. The molecule has 1 heterocycles. The first-order valence-corrected chi connectivity index (χ1v) is 10.9. The van der Waals surface area contributed by atoms with Crippen LogP contribution in [0.4, 0.5) is 13.2 Å². The lowest BCUT2D eigenvalue weighted by molar-refractivity contribution is -0.274. The SMILES string of the molecule is COC(=O)c1ccc2c(c1)nc(-c1ccc(OC(F)(F)F)cc1)n2[C@@H]1C[C@H](C)CC(C)(C)C1. The van der Waals surface area contributed by atoms with Crippen molar-refractivity contribution in [2.24, 2.45) is 11.3 Å². The Balaban J connectivity index is 1.83. The molecule has 0 unspecified atom stereocenters. The van der Waals surface area contributed by atoms with E-state index in [4.69, 9.17) is 9.72 Å². The van der Waals surface area contributed by atoms with E-state index in [2.05, 4.69) is 30.1 Å². The third-order valence-electron chi connectivity index (χ3n) is 6.19. The lowest BCUT2D eigenvalue weighted by atomic mass is 9.70. The molecule has 1 fully saturated rings. The number of alkyl halides is 3. The smallest absolute Gasteiger partial charge is 0.465 e. The molecule has 5 nitrogen and oxygen atoms in total. The summed E-state index contributed by atoms with van der Waals surface area (Å²) < 4.78 is 48.8. The number of imidazole rings is 1. The van der Waals surface area contributed by atoms with Gasteiger partial charge in [-0.2, -0.15) is 0 Å². The van der Waals surface area contributed by atoms with Gasteiger partial charge in [0.2, 0.25) is 0 Å². The maximum absolute atomic E-state index is 12.6. The van der Waals surface area contributed by atoms with Crippen molar-refractivity contribution in [3.05, 3.63) is 48.0 Å². The molecule has 33 heavy (non-hydrogen) atoms. The Morgan fingerprint density at radius 3 is 2.42 bits per heavy atom. The van der Waals surface area contributed by atoms with Gasteiger partial charge in [0.05, 0.1) is 23.7 Å². The van der Waals surface area contributed by atoms with Crippen molar-refractivity contribution >= 4 is 17.0 Å². The van der Waals surface area contributed by atoms with Crippen LogP contribution in [0.1, 0.15) is 56.4 Å². The number of ether oxygens (including phenoxy) is 2. The van der Waals surface area contributed by atoms with Gasteiger partial charge in [-0.3, -0.25) is 0 Å². The number of aromatic nitrogens is 2. The first-order chi connectivity index (χ1) is 15.5. The lowest BCUT2D eigenvalue weighted by Crippen LogP contribution is -2.29. The van der Waals surface area contributed by atoms with Crippen molar-refractivity contribution in [1.82, 2.24) is 9.55 Å². The van der Waals surface area contributed by atoms with Crippen LogP contribution in [0.5, 0.6) is 5.75 Å². The van der Waals surface area contributed by atoms with Gasteiger partial charge in [0.1, 0.15) is 11.6 Å². The predicted molar refractivity (Wildman–Crippen MR) is 119 cm³/mol. The maximum Gasteiger partial charge on any atom is 0.573 e. The van der Waals surface area contributed by atoms with Gasteiger partial charge in [0, 0.05) is 11.6 Å². The molecule has 1 aromatic heterocycles. The average molecular weight is 460 g/mol. The third-order valence-corrected chi connectivity index (χ3v) is 6.19. The average Bonchev–Trinajstić information content (AvgIpc) is 3.09. The number of carbonyl (C=O) groups is 1. The zero-order valence-electron chi connectivity index (χ0n) is 19.1. The summed E-state index contributed by atoms with van der Waals surface area (Å²) in [6, 6.07) is 11.2. The molecule has 0 aliphatic heterocycles. The Labute approximate surface area is 190 Å². The van der Waals surface area contributed by atoms with Crippen molar-refractivity contribution in [3.63, 3.8) is 0 Å². The number of benzene rings is 2.